The highest BCUT2D eigenvalue weighted by Crippen LogP contribution is 2.17. The summed E-state index contributed by atoms with van der Waals surface area (Å²) in [5.41, 5.74) is 1.10. The maximum Gasteiger partial charge on any atom is 0.178 e. The predicted molar refractivity (Wildman–Crippen MR) is 60.6 cm³/mol. The predicted octanol–water partition coefficient (Wildman–Crippen LogP) is 2.17. The van der Waals surface area contributed by atoms with Gasteiger partial charge in [-0.1, -0.05) is 25.1 Å². The molecule has 0 atom stereocenters. The molecular formula is C10H16N2OSi. The van der Waals surface area contributed by atoms with E-state index in [9.17, 15) is 0 Å². The molecule has 14 heavy (non-hydrogen) atoms. The number of para-hydroxylation sites is 1. The fourth-order valence-electron chi connectivity index (χ4n) is 1.13. The van der Waals surface area contributed by atoms with Gasteiger partial charge in [-0.25, -0.2) is 9.89 Å². The second-order valence-electron chi connectivity index (χ2n) is 2.98. The third-order valence-corrected chi connectivity index (χ3v) is 2.70. The maximum absolute atomic E-state index is 5.21. The Morgan fingerprint density at radius 3 is 2.86 bits per heavy atom. The van der Waals surface area contributed by atoms with E-state index in [0.717, 1.165) is 11.3 Å². The molecule has 0 aliphatic rings. The second kappa shape index (κ2) is 6.31. The van der Waals surface area contributed by atoms with E-state index >= 15 is 0 Å². The van der Waals surface area contributed by atoms with Crippen molar-refractivity contribution < 1.29 is 4.74 Å². The van der Waals surface area contributed by atoms with Crippen LogP contribution in [0.3, 0.4) is 0 Å². The molecule has 0 unspecified atom stereocenters. The molecule has 0 N–H and O–H groups in total. The van der Waals surface area contributed by atoms with Crippen LogP contribution in [0.2, 0.25) is 6.04 Å². The highest BCUT2D eigenvalue weighted by atomic mass is 28.2. The van der Waals surface area contributed by atoms with Gasteiger partial charge < -0.3 is 4.74 Å². The van der Waals surface area contributed by atoms with Gasteiger partial charge >= 0.3 is 0 Å². The summed E-state index contributed by atoms with van der Waals surface area (Å²) in [6.45, 7) is 2.78. The fraction of sp³-hybridized carbons (Fsp3) is 0.400. The molecule has 0 radical (unpaired) electrons. The zero-order valence-electron chi connectivity index (χ0n) is 8.73. The summed E-state index contributed by atoms with van der Waals surface area (Å²) >= 11 is 0. The average molecular weight is 208 g/mol. The molecule has 1 rings (SSSR count). The van der Waals surface area contributed by atoms with Crippen molar-refractivity contribution in [3.63, 3.8) is 0 Å². The van der Waals surface area contributed by atoms with Crippen LogP contribution in [0.25, 0.3) is 0 Å². The highest BCUT2D eigenvalue weighted by Gasteiger charge is 1.98. The lowest BCUT2D eigenvalue weighted by molar-refractivity contribution is 0.409. The van der Waals surface area contributed by atoms with E-state index in [-0.39, 0.29) is 9.68 Å². The van der Waals surface area contributed by atoms with Gasteiger partial charge in [-0.2, -0.15) is 0 Å². The van der Waals surface area contributed by atoms with Gasteiger partial charge in [-0.3, -0.25) is 0 Å². The third kappa shape index (κ3) is 3.30. The fourth-order valence-corrected chi connectivity index (χ4v) is 1.57. The first-order valence-electron chi connectivity index (χ1n) is 4.83. The van der Waals surface area contributed by atoms with Crippen LogP contribution in [-0.2, 0) is 6.54 Å². The van der Waals surface area contributed by atoms with E-state index in [0.29, 0.717) is 6.54 Å². The molecule has 0 fully saturated rings. The number of nitrogens with zero attached hydrogens (tertiary/aromatic N) is 2. The van der Waals surface area contributed by atoms with E-state index < -0.39 is 0 Å². The molecule has 0 saturated carbocycles. The number of rotatable bonds is 5. The van der Waals surface area contributed by atoms with Crippen LogP contribution in [-0.4, -0.2) is 16.8 Å². The molecule has 0 spiro atoms. The van der Waals surface area contributed by atoms with Gasteiger partial charge in [0.15, 0.2) is 9.68 Å². The van der Waals surface area contributed by atoms with Crippen LogP contribution in [0.1, 0.15) is 12.5 Å². The topological polar surface area (TPSA) is 34.0 Å². The Morgan fingerprint density at radius 1 is 1.36 bits per heavy atom. The summed E-state index contributed by atoms with van der Waals surface area (Å²) in [7, 11) is 1.38. The quantitative estimate of drug-likeness (QED) is 0.539. The van der Waals surface area contributed by atoms with Gasteiger partial charge in [0.1, 0.15) is 5.75 Å². The Morgan fingerprint density at radius 2 is 2.14 bits per heavy atom. The molecular weight excluding hydrogens is 192 g/mol. The molecule has 0 heterocycles. The summed E-state index contributed by atoms with van der Waals surface area (Å²) in [4.78, 5) is 0. The minimum Gasteiger partial charge on any atom is -0.496 e. The standard InChI is InChI=1S/C10H16N2OSi/c1-3-14-12-11-8-9-6-4-5-7-10(9)13-2/h4-7H,3,8,14H2,1-2H3. The Balaban J connectivity index is 2.57. The van der Waals surface area contributed by atoms with Crippen molar-refractivity contribution in [1.29, 1.82) is 0 Å². The van der Waals surface area contributed by atoms with Crippen molar-refractivity contribution in [2.24, 2.45) is 9.89 Å². The highest BCUT2D eigenvalue weighted by molar-refractivity contribution is 6.32. The molecule has 0 amide bonds. The summed E-state index contributed by atoms with van der Waals surface area (Å²) in [6.07, 6.45) is 0. The zero-order valence-corrected chi connectivity index (χ0v) is 10.1. The first-order chi connectivity index (χ1) is 6.88. The van der Waals surface area contributed by atoms with Crippen LogP contribution in [0.4, 0.5) is 0 Å². The van der Waals surface area contributed by atoms with Crippen molar-refractivity contribution in [2.75, 3.05) is 7.11 Å². The monoisotopic (exact) mass is 208 g/mol. The molecule has 0 aliphatic heterocycles. The number of benzene rings is 1. The van der Waals surface area contributed by atoms with E-state index in [1.54, 1.807) is 7.11 Å². The Labute approximate surface area is 87.1 Å². The summed E-state index contributed by atoms with van der Waals surface area (Å²) in [5.74, 6) is 0.893. The Kier molecular flexibility index (Phi) is 4.92. The molecule has 0 bridgehead atoms. The largest absolute Gasteiger partial charge is 0.496 e. The molecule has 1 aromatic rings. The lowest BCUT2D eigenvalue weighted by Crippen LogP contribution is -1.90. The third-order valence-electron chi connectivity index (χ3n) is 1.86. The van der Waals surface area contributed by atoms with E-state index in [1.807, 2.05) is 24.3 Å². The summed E-state index contributed by atoms with van der Waals surface area (Å²) < 4.78 is 9.38. The van der Waals surface area contributed by atoms with Gasteiger partial charge in [-0.05, 0) is 12.1 Å². The lowest BCUT2D eigenvalue weighted by Gasteiger charge is -2.04. The molecule has 76 valence electrons. The number of hydrogen-bond donors (Lipinski definition) is 0. The average Bonchev–Trinajstić information content (AvgIpc) is 2.25. The van der Waals surface area contributed by atoms with Crippen molar-refractivity contribution in [3.8, 4) is 5.75 Å². The Bertz CT molecular complexity index is 302. The minimum atomic E-state index is -0.295. The van der Waals surface area contributed by atoms with Crippen LogP contribution in [0.15, 0.2) is 34.2 Å². The number of ether oxygens (including phenoxy) is 1. The zero-order chi connectivity index (χ0) is 10.2. The van der Waals surface area contributed by atoms with Crippen LogP contribution in [0, 0.1) is 0 Å². The van der Waals surface area contributed by atoms with Gasteiger partial charge in [0.2, 0.25) is 0 Å². The van der Waals surface area contributed by atoms with Crippen molar-refractivity contribution in [2.45, 2.75) is 19.5 Å². The Hall–Kier alpha value is -1.16. The minimum absolute atomic E-state index is 0.295. The molecule has 0 aliphatic carbocycles. The van der Waals surface area contributed by atoms with E-state index in [1.165, 1.54) is 6.04 Å². The summed E-state index contributed by atoms with van der Waals surface area (Å²) in [5, 5.41) is 4.15. The smallest absolute Gasteiger partial charge is 0.178 e. The molecule has 0 saturated heterocycles. The van der Waals surface area contributed by atoms with E-state index in [4.69, 9.17) is 4.74 Å². The van der Waals surface area contributed by atoms with Crippen molar-refractivity contribution >= 4 is 9.68 Å². The lowest BCUT2D eigenvalue weighted by atomic mass is 10.2. The second-order valence-corrected chi connectivity index (χ2v) is 4.71. The normalized spacial score (nSPS) is 11.6. The van der Waals surface area contributed by atoms with Crippen LogP contribution < -0.4 is 4.74 Å². The van der Waals surface area contributed by atoms with Gasteiger partial charge in [0.05, 0.1) is 13.7 Å². The first kappa shape index (κ1) is 10.9. The van der Waals surface area contributed by atoms with Gasteiger partial charge in [0, 0.05) is 5.56 Å². The van der Waals surface area contributed by atoms with Crippen LogP contribution in [0.5, 0.6) is 5.75 Å². The first-order valence-corrected chi connectivity index (χ1v) is 6.47. The summed E-state index contributed by atoms with van der Waals surface area (Å²) in [6, 6.07) is 9.09. The van der Waals surface area contributed by atoms with Gasteiger partial charge in [0.25, 0.3) is 0 Å². The number of hydrogen-bond acceptors (Lipinski definition) is 3. The van der Waals surface area contributed by atoms with Crippen LogP contribution >= 0.6 is 0 Å². The molecule has 3 nitrogen and oxygen atoms in total. The number of methoxy groups -OCH3 is 1. The SMILES string of the molecule is CC[SiH2]N=NCc1ccccc1OC. The maximum atomic E-state index is 5.21. The van der Waals surface area contributed by atoms with E-state index in [2.05, 4.69) is 16.8 Å². The van der Waals surface area contributed by atoms with Crippen molar-refractivity contribution in [1.82, 2.24) is 0 Å². The molecule has 0 aromatic heterocycles. The molecule has 4 heteroatoms. The van der Waals surface area contributed by atoms with Crippen molar-refractivity contribution in [3.05, 3.63) is 29.8 Å². The van der Waals surface area contributed by atoms with Gasteiger partial charge in [-0.15, -0.1) is 0 Å². The molecule has 1 aromatic carbocycles.